The van der Waals surface area contributed by atoms with Crippen LogP contribution in [0.25, 0.3) is 0 Å². The number of carbonyl (C=O) groups is 1. The number of benzene rings is 2. The second-order valence-electron chi connectivity index (χ2n) is 7.52. The van der Waals surface area contributed by atoms with Crippen molar-refractivity contribution < 1.29 is 9.53 Å². The molecule has 0 fully saturated rings. The summed E-state index contributed by atoms with van der Waals surface area (Å²) in [5.74, 6) is 1.48. The van der Waals surface area contributed by atoms with Crippen molar-refractivity contribution in [2.75, 3.05) is 13.7 Å². The first-order valence-electron chi connectivity index (χ1n) is 10.2. The molecular weight excluding hydrogens is 378 g/mol. The standard InChI is InChI=1S/C24H25N3O3/c1-30-19-9-5-8-18(14-19)15-22-25-21-12-13-27(16-20(21)24(29)26-22)23(28)11-10-17-6-3-2-4-7-17/h2-9,14H,10-13,15-16H2,1H3,(H,25,26,29). The summed E-state index contributed by atoms with van der Waals surface area (Å²) in [7, 11) is 1.63. The molecule has 0 aliphatic carbocycles. The number of ether oxygens (including phenoxy) is 1. The van der Waals surface area contributed by atoms with Gasteiger partial charge in [0.1, 0.15) is 11.6 Å². The zero-order valence-corrected chi connectivity index (χ0v) is 17.1. The first-order chi connectivity index (χ1) is 14.6. The summed E-state index contributed by atoms with van der Waals surface area (Å²) in [6.45, 7) is 0.917. The minimum atomic E-state index is -0.154. The molecule has 1 aromatic heterocycles. The number of hydrogen-bond donors (Lipinski definition) is 1. The number of hydrogen-bond acceptors (Lipinski definition) is 4. The van der Waals surface area contributed by atoms with E-state index >= 15 is 0 Å². The third-order valence-electron chi connectivity index (χ3n) is 5.45. The highest BCUT2D eigenvalue weighted by atomic mass is 16.5. The zero-order chi connectivity index (χ0) is 20.9. The van der Waals surface area contributed by atoms with Crippen LogP contribution >= 0.6 is 0 Å². The van der Waals surface area contributed by atoms with Crippen LogP contribution in [0.5, 0.6) is 5.75 Å². The van der Waals surface area contributed by atoms with Crippen molar-refractivity contribution in [1.29, 1.82) is 0 Å². The Morgan fingerprint density at radius 2 is 1.93 bits per heavy atom. The highest BCUT2D eigenvalue weighted by Crippen LogP contribution is 2.18. The van der Waals surface area contributed by atoms with Crippen LogP contribution in [-0.2, 0) is 30.6 Å². The highest BCUT2D eigenvalue weighted by molar-refractivity contribution is 5.76. The minimum Gasteiger partial charge on any atom is -0.497 e. The molecule has 2 heterocycles. The molecule has 154 valence electrons. The summed E-state index contributed by atoms with van der Waals surface area (Å²) < 4.78 is 5.26. The Morgan fingerprint density at radius 1 is 1.13 bits per heavy atom. The van der Waals surface area contributed by atoms with E-state index in [9.17, 15) is 9.59 Å². The van der Waals surface area contributed by atoms with Crippen molar-refractivity contribution in [1.82, 2.24) is 14.9 Å². The van der Waals surface area contributed by atoms with E-state index in [1.54, 1.807) is 12.0 Å². The fourth-order valence-electron chi connectivity index (χ4n) is 3.80. The van der Waals surface area contributed by atoms with Gasteiger partial charge in [-0.2, -0.15) is 0 Å². The summed E-state index contributed by atoms with van der Waals surface area (Å²) in [4.78, 5) is 34.7. The van der Waals surface area contributed by atoms with Gasteiger partial charge in [0, 0.05) is 25.8 Å². The van der Waals surface area contributed by atoms with Gasteiger partial charge in [0.05, 0.1) is 24.9 Å². The summed E-state index contributed by atoms with van der Waals surface area (Å²) in [5, 5.41) is 0. The number of H-pyrrole nitrogens is 1. The number of methoxy groups -OCH3 is 1. The summed E-state index contributed by atoms with van der Waals surface area (Å²) in [6, 6.07) is 17.7. The number of carbonyl (C=O) groups excluding carboxylic acids is 1. The first-order valence-corrected chi connectivity index (χ1v) is 10.2. The summed E-state index contributed by atoms with van der Waals surface area (Å²) in [5.41, 5.74) is 3.40. The molecule has 0 bridgehead atoms. The Labute approximate surface area is 175 Å². The van der Waals surface area contributed by atoms with Gasteiger partial charge in [0.15, 0.2) is 0 Å². The lowest BCUT2D eigenvalue weighted by Crippen LogP contribution is -2.40. The lowest BCUT2D eigenvalue weighted by molar-refractivity contribution is -0.132. The molecule has 1 aliphatic rings. The molecule has 0 spiro atoms. The van der Waals surface area contributed by atoms with Crippen LogP contribution in [0, 0.1) is 0 Å². The zero-order valence-electron chi connectivity index (χ0n) is 17.1. The van der Waals surface area contributed by atoms with Gasteiger partial charge in [0.2, 0.25) is 5.91 Å². The van der Waals surface area contributed by atoms with Gasteiger partial charge in [-0.05, 0) is 29.7 Å². The molecule has 2 aromatic carbocycles. The molecule has 0 saturated carbocycles. The Bertz CT molecular complexity index is 1090. The molecule has 0 unspecified atom stereocenters. The largest absolute Gasteiger partial charge is 0.497 e. The van der Waals surface area contributed by atoms with Gasteiger partial charge in [-0.3, -0.25) is 9.59 Å². The average molecular weight is 403 g/mol. The van der Waals surface area contributed by atoms with Crippen molar-refractivity contribution in [2.45, 2.75) is 32.2 Å². The van der Waals surface area contributed by atoms with Gasteiger partial charge < -0.3 is 14.6 Å². The molecule has 30 heavy (non-hydrogen) atoms. The van der Waals surface area contributed by atoms with Gasteiger partial charge >= 0.3 is 0 Å². The Kier molecular flexibility index (Phi) is 5.93. The van der Waals surface area contributed by atoms with E-state index in [2.05, 4.69) is 9.97 Å². The van der Waals surface area contributed by atoms with Crippen molar-refractivity contribution in [3.05, 3.63) is 93.2 Å². The number of aromatic amines is 1. The van der Waals surface area contributed by atoms with Gasteiger partial charge in [0.25, 0.3) is 5.56 Å². The topological polar surface area (TPSA) is 75.3 Å². The van der Waals surface area contributed by atoms with Crippen LogP contribution in [0.1, 0.15) is 34.6 Å². The molecule has 6 heteroatoms. The predicted octanol–water partition coefficient (Wildman–Crippen LogP) is 2.89. The Hall–Kier alpha value is -3.41. The maximum absolute atomic E-state index is 12.7. The molecule has 0 saturated heterocycles. The predicted molar refractivity (Wildman–Crippen MR) is 115 cm³/mol. The number of fused-ring (bicyclic) bond motifs is 1. The smallest absolute Gasteiger partial charge is 0.256 e. The van der Waals surface area contributed by atoms with E-state index in [4.69, 9.17) is 4.74 Å². The molecule has 3 aromatic rings. The number of amides is 1. The van der Waals surface area contributed by atoms with Gasteiger partial charge in [-0.1, -0.05) is 42.5 Å². The molecular formula is C24H25N3O3. The molecule has 1 aliphatic heterocycles. The van der Waals surface area contributed by atoms with Crippen LogP contribution in [0.15, 0.2) is 59.4 Å². The van der Waals surface area contributed by atoms with Gasteiger partial charge in [-0.15, -0.1) is 0 Å². The van der Waals surface area contributed by atoms with E-state index in [-0.39, 0.29) is 11.5 Å². The number of nitrogens with one attached hydrogen (secondary N) is 1. The molecule has 0 atom stereocenters. The van der Waals surface area contributed by atoms with E-state index in [1.165, 1.54) is 0 Å². The number of rotatable bonds is 6. The van der Waals surface area contributed by atoms with E-state index < -0.39 is 0 Å². The lowest BCUT2D eigenvalue weighted by atomic mass is 10.0. The molecule has 4 rings (SSSR count). The fourth-order valence-corrected chi connectivity index (χ4v) is 3.80. The quantitative estimate of drug-likeness (QED) is 0.687. The number of aromatic nitrogens is 2. The third kappa shape index (κ3) is 4.59. The second kappa shape index (κ2) is 8.95. The molecule has 0 radical (unpaired) electrons. The van der Waals surface area contributed by atoms with Crippen LogP contribution in [0.2, 0.25) is 0 Å². The SMILES string of the molecule is COc1cccc(Cc2nc3c(c(=O)[nH]2)CN(C(=O)CCc2ccccc2)CC3)c1. The van der Waals surface area contributed by atoms with E-state index in [0.29, 0.717) is 50.2 Å². The Morgan fingerprint density at radius 3 is 2.73 bits per heavy atom. The van der Waals surface area contributed by atoms with Crippen LogP contribution in [0.4, 0.5) is 0 Å². The van der Waals surface area contributed by atoms with E-state index in [0.717, 1.165) is 22.6 Å². The molecule has 1 N–H and O–H groups in total. The molecule has 6 nitrogen and oxygen atoms in total. The monoisotopic (exact) mass is 403 g/mol. The van der Waals surface area contributed by atoms with E-state index in [1.807, 2.05) is 54.6 Å². The van der Waals surface area contributed by atoms with Crippen molar-refractivity contribution >= 4 is 5.91 Å². The normalized spacial score (nSPS) is 13.0. The van der Waals surface area contributed by atoms with Crippen LogP contribution in [-0.4, -0.2) is 34.4 Å². The number of aryl methyl sites for hydroxylation is 1. The minimum absolute atomic E-state index is 0.0735. The van der Waals surface area contributed by atoms with Gasteiger partial charge in [-0.25, -0.2) is 4.98 Å². The lowest BCUT2D eigenvalue weighted by Gasteiger charge is -2.28. The first kappa shape index (κ1) is 19.9. The highest BCUT2D eigenvalue weighted by Gasteiger charge is 2.24. The van der Waals surface area contributed by atoms with Crippen molar-refractivity contribution in [3.63, 3.8) is 0 Å². The van der Waals surface area contributed by atoms with Crippen LogP contribution < -0.4 is 10.3 Å². The Balaban J connectivity index is 1.44. The van der Waals surface area contributed by atoms with Crippen LogP contribution in [0.3, 0.4) is 0 Å². The van der Waals surface area contributed by atoms with Crippen molar-refractivity contribution in [3.8, 4) is 5.75 Å². The maximum Gasteiger partial charge on any atom is 0.256 e. The number of nitrogens with zero attached hydrogens (tertiary/aromatic N) is 2. The fraction of sp³-hybridized carbons (Fsp3) is 0.292. The van der Waals surface area contributed by atoms with Crippen molar-refractivity contribution in [2.24, 2.45) is 0 Å². The third-order valence-corrected chi connectivity index (χ3v) is 5.45. The second-order valence-corrected chi connectivity index (χ2v) is 7.52. The summed E-state index contributed by atoms with van der Waals surface area (Å²) >= 11 is 0. The molecule has 1 amide bonds. The average Bonchev–Trinajstić information content (AvgIpc) is 2.78. The summed E-state index contributed by atoms with van der Waals surface area (Å²) in [6.07, 6.45) is 2.27. The maximum atomic E-state index is 12.7.